The minimum absolute atomic E-state index is 0.119. The first-order chi connectivity index (χ1) is 8.10. The number of hydrogen-bond donors (Lipinski definition) is 4. The number of carbonyl (C=O) groups is 2. The monoisotopic (exact) mass is 281 g/mol. The Labute approximate surface area is 109 Å². The first-order valence-corrected chi connectivity index (χ1v) is 7.41. The molecule has 0 aliphatic rings. The third-order valence-corrected chi connectivity index (χ3v) is 3.42. The summed E-state index contributed by atoms with van der Waals surface area (Å²) in [4.78, 5) is 22.0. The van der Waals surface area contributed by atoms with Crippen LogP contribution >= 0.6 is 12.6 Å². The molecule has 6 nitrogen and oxygen atoms in total. The smallest absolute Gasteiger partial charge is 0.229 e. The molecule has 0 aromatic rings. The van der Waals surface area contributed by atoms with E-state index in [-0.39, 0.29) is 24.0 Å². The molecule has 0 bridgehead atoms. The van der Waals surface area contributed by atoms with Gasteiger partial charge in [0.1, 0.15) is 0 Å². The molecule has 0 aliphatic heterocycles. The second kappa shape index (κ2) is 10.5. The Kier molecular flexibility index (Phi) is 10.2. The second-order valence-corrected chi connectivity index (χ2v) is 5.26. The summed E-state index contributed by atoms with van der Waals surface area (Å²) in [6.07, 6.45) is 0.215. The molecule has 0 radical (unpaired) electrons. The van der Waals surface area contributed by atoms with Crippen LogP contribution in [0, 0.1) is 0 Å². The Hall–Kier alpha value is -0.600. The summed E-state index contributed by atoms with van der Waals surface area (Å²) in [7, 11) is -1.10. The number of nitrogens with two attached hydrogens (primary N) is 1. The standard InChI is InChI=1S/C9H19N3O3S2/c10-2-3-11-8(13)1-5-17(15)6-4-12-9(14)7-16/h16H,1-7,10H2,(H,11,13)(H,12,14). The zero-order valence-electron chi connectivity index (χ0n) is 9.61. The van der Waals surface area contributed by atoms with Gasteiger partial charge >= 0.3 is 0 Å². The fourth-order valence-electron chi connectivity index (χ4n) is 0.969. The van der Waals surface area contributed by atoms with Crippen molar-refractivity contribution in [3.8, 4) is 0 Å². The van der Waals surface area contributed by atoms with Crippen molar-refractivity contribution in [2.24, 2.45) is 5.73 Å². The molecule has 0 heterocycles. The molecule has 2 amide bonds. The van der Waals surface area contributed by atoms with Crippen molar-refractivity contribution in [3.63, 3.8) is 0 Å². The minimum Gasteiger partial charge on any atom is -0.355 e. The van der Waals surface area contributed by atoms with Gasteiger partial charge in [0.25, 0.3) is 0 Å². The highest BCUT2D eigenvalue weighted by molar-refractivity contribution is 7.85. The largest absolute Gasteiger partial charge is 0.355 e. The van der Waals surface area contributed by atoms with E-state index in [0.29, 0.717) is 31.1 Å². The Morgan fingerprint density at radius 3 is 2.35 bits per heavy atom. The van der Waals surface area contributed by atoms with E-state index >= 15 is 0 Å². The number of nitrogens with one attached hydrogen (secondary N) is 2. The highest BCUT2D eigenvalue weighted by atomic mass is 32.2. The summed E-state index contributed by atoms with van der Waals surface area (Å²) in [5, 5.41) is 5.15. The van der Waals surface area contributed by atoms with E-state index in [4.69, 9.17) is 5.73 Å². The zero-order chi connectivity index (χ0) is 13.1. The van der Waals surface area contributed by atoms with Gasteiger partial charge in [0.15, 0.2) is 0 Å². The molecule has 1 unspecified atom stereocenters. The van der Waals surface area contributed by atoms with Crippen LogP contribution in [0.1, 0.15) is 6.42 Å². The molecule has 4 N–H and O–H groups in total. The average Bonchev–Trinajstić information content (AvgIpc) is 2.33. The van der Waals surface area contributed by atoms with Gasteiger partial charge in [0, 0.05) is 48.4 Å². The lowest BCUT2D eigenvalue weighted by Crippen LogP contribution is -2.31. The summed E-state index contributed by atoms with van der Waals surface area (Å²) in [6.45, 7) is 1.17. The van der Waals surface area contributed by atoms with Crippen LogP contribution in [-0.4, -0.2) is 52.9 Å². The van der Waals surface area contributed by atoms with E-state index in [2.05, 4.69) is 23.3 Å². The van der Waals surface area contributed by atoms with Crippen LogP contribution in [0.4, 0.5) is 0 Å². The van der Waals surface area contributed by atoms with Crippen LogP contribution in [0.2, 0.25) is 0 Å². The lowest BCUT2D eigenvalue weighted by Gasteiger charge is -2.05. The van der Waals surface area contributed by atoms with E-state index in [1.807, 2.05) is 0 Å². The third-order valence-electron chi connectivity index (χ3n) is 1.82. The molecule has 0 aromatic heterocycles. The highest BCUT2D eigenvalue weighted by Crippen LogP contribution is 1.88. The molecule has 1 atom stereocenters. The van der Waals surface area contributed by atoms with Crippen molar-refractivity contribution in [1.29, 1.82) is 0 Å². The van der Waals surface area contributed by atoms with E-state index < -0.39 is 10.8 Å². The topological polar surface area (TPSA) is 101 Å². The lowest BCUT2D eigenvalue weighted by atomic mass is 10.4. The number of rotatable bonds is 9. The fourth-order valence-corrected chi connectivity index (χ4v) is 2.03. The summed E-state index contributed by atoms with van der Waals surface area (Å²) in [5.41, 5.74) is 5.22. The summed E-state index contributed by atoms with van der Waals surface area (Å²) >= 11 is 3.79. The van der Waals surface area contributed by atoms with Crippen molar-refractivity contribution in [2.75, 3.05) is 36.9 Å². The highest BCUT2D eigenvalue weighted by Gasteiger charge is 2.05. The maximum absolute atomic E-state index is 11.4. The van der Waals surface area contributed by atoms with Crippen LogP contribution < -0.4 is 16.4 Å². The van der Waals surface area contributed by atoms with Crippen LogP contribution in [0.15, 0.2) is 0 Å². The number of hydrogen-bond acceptors (Lipinski definition) is 5. The van der Waals surface area contributed by atoms with E-state index in [0.717, 1.165) is 0 Å². The summed E-state index contributed by atoms with van der Waals surface area (Å²) in [5.74, 6) is 0.430. The van der Waals surface area contributed by atoms with Crippen molar-refractivity contribution in [1.82, 2.24) is 10.6 Å². The Morgan fingerprint density at radius 1 is 1.12 bits per heavy atom. The number of thiol groups is 1. The van der Waals surface area contributed by atoms with Crippen LogP contribution in [0.5, 0.6) is 0 Å². The molecule has 8 heteroatoms. The predicted molar refractivity (Wildman–Crippen MR) is 71.4 cm³/mol. The molecule has 17 heavy (non-hydrogen) atoms. The van der Waals surface area contributed by atoms with Gasteiger partial charge in [0.2, 0.25) is 11.8 Å². The first-order valence-electron chi connectivity index (χ1n) is 5.29. The van der Waals surface area contributed by atoms with Crippen molar-refractivity contribution < 1.29 is 13.8 Å². The van der Waals surface area contributed by atoms with Crippen LogP contribution in [0.3, 0.4) is 0 Å². The Morgan fingerprint density at radius 2 is 1.76 bits per heavy atom. The molecule has 0 fully saturated rings. The molecule has 0 spiro atoms. The SMILES string of the molecule is NCCNC(=O)CCS(=O)CCNC(=O)CS. The van der Waals surface area contributed by atoms with Gasteiger partial charge in [-0.05, 0) is 0 Å². The van der Waals surface area contributed by atoms with Gasteiger partial charge in [-0.1, -0.05) is 0 Å². The van der Waals surface area contributed by atoms with Gasteiger partial charge in [-0.25, -0.2) is 0 Å². The Balaban J connectivity index is 3.52. The molecule has 0 saturated carbocycles. The van der Waals surface area contributed by atoms with Gasteiger partial charge < -0.3 is 16.4 Å². The maximum atomic E-state index is 11.4. The van der Waals surface area contributed by atoms with E-state index in [1.54, 1.807) is 0 Å². The fraction of sp³-hybridized carbons (Fsp3) is 0.778. The van der Waals surface area contributed by atoms with Gasteiger partial charge in [-0.15, -0.1) is 0 Å². The van der Waals surface area contributed by atoms with Gasteiger partial charge in [-0.2, -0.15) is 12.6 Å². The molecule has 0 rings (SSSR count). The van der Waals surface area contributed by atoms with Crippen molar-refractivity contribution in [2.45, 2.75) is 6.42 Å². The Bertz CT molecular complexity index is 274. The number of amides is 2. The molecule has 0 aromatic carbocycles. The molecular weight excluding hydrogens is 262 g/mol. The van der Waals surface area contributed by atoms with Crippen LogP contribution in [0.25, 0.3) is 0 Å². The molecule has 0 saturated heterocycles. The summed E-state index contributed by atoms with van der Waals surface area (Å²) in [6, 6.07) is 0. The van der Waals surface area contributed by atoms with E-state index in [1.165, 1.54) is 0 Å². The van der Waals surface area contributed by atoms with Crippen molar-refractivity contribution in [3.05, 3.63) is 0 Å². The van der Waals surface area contributed by atoms with Gasteiger partial charge in [-0.3, -0.25) is 13.8 Å². The average molecular weight is 281 g/mol. The summed E-state index contributed by atoms with van der Waals surface area (Å²) < 4.78 is 11.4. The second-order valence-electron chi connectivity index (χ2n) is 3.24. The quantitative estimate of drug-likeness (QED) is 0.376. The third kappa shape index (κ3) is 10.3. The van der Waals surface area contributed by atoms with Crippen LogP contribution in [-0.2, 0) is 20.4 Å². The number of carbonyl (C=O) groups excluding carboxylic acids is 2. The molecular formula is C9H19N3O3S2. The van der Waals surface area contributed by atoms with Crippen molar-refractivity contribution >= 4 is 35.2 Å². The molecule has 100 valence electrons. The predicted octanol–water partition coefficient (Wildman–Crippen LogP) is -1.75. The van der Waals surface area contributed by atoms with Gasteiger partial charge in [0.05, 0.1) is 5.75 Å². The zero-order valence-corrected chi connectivity index (χ0v) is 11.3. The maximum Gasteiger partial charge on any atom is 0.229 e. The minimum atomic E-state index is -1.10. The molecule has 0 aliphatic carbocycles. The lowest BCUT2D eigenvalue weighted by molar-refractivity contribution is -0.120. The van der Waals surface area contributed by atoms with E-state index in [9.17, 15) is 13.8 Å². The normalized spacial score (nSPS) is 11.9. The first kappa shape index (κ1) is 16.4.